The van der Waals surface area contributed by atoms with Crippen molar-refractivity contribution in [3.8, 4) is 0 Å². The van der Waals surface area contributed by atoms with Gasteiger partial charge >= 0.3 is 0 Å². The largest absolute Gasteiger partial charge is 0.354 e. The minimum atomic E-state index is 0.595. The molecule has 0 amide bonds. The van der Waals surface area contributed by atoms with E-state index < -0.39 is 0 Å². The Morgan fingerprint density at radius 2 is 1.95 bits per heavy atom. The maximum atomic E-state index is 5.75. The van der Waals surface area contributed by atoms with Crippen LogP contribution in [0.4, 0.5) is 5.82 Å². The fourth-order valence-corrected chi connectivity index (χ4v) is 2.83. The molecule has 2 heterocycles. The summed E-state index contributed by atoms with van der Waals surface area (Å²) in [6.45, 7) is 8.47. The number of rotatable bonds is 4. The Hall–Kier alpha value is -1.13. The van der Waals surface area contributed by atoms with Crippen molar-refractivity contribution in [2.45, 2.75) is 26.3 Å². The van der Waals surface area contributed by atoms with E-state index >= 15 is 0 Å². The Labute approximate surface area is 115 Å². The highest BCUT2D eigenvalue weighted by Crippen LogP contribution is 2.30. The van der Waals surface area contributed by atoms with E-state index in [9.17, 15) is 0 Å². The second kappa shape index (κ2) is 5.47. The number of aromatic nitrogens is 1. The van der Waals surface area contributed by atoms with Crippen molar-refractivity contribution in [1.29, 1.82) is 0 Å². The molecule has 1 saturated heterocycles. The molecule has 0 radical (unpaired) electrons. The summed E-state index contributed by atoms with van der Waals surface area (Å²) >= 11 is 0. The van der Waals surface area contributed by atoms with Crippen molar-refractivity contribution in [2.24, 2.45) is 11.7 Å². The molecule has 2 aliphatic rings. The fourth-order valence-electron chi connectivity index (χ4n) is 2.83. The van der Waals surface area contributed by atoms with E-state index in [4.69, 9.17) is 5.73 Å². The van der Waals surface area contributed by atoms with Crippen molar-refractivity contribution in [3.63, 3.8) is 0 Å². The van der Waals surface area contributed by atoms with E-state index in [-0.39, 0.29) is 0 Å². The third kappa shape index (κ3) is 3.25. The zero-order valence-corrected chi connectivity index (χ0v) is 11.8. The monoisotopic (exact) mass is 260 g/mol. The van der Waals surface area contributed by atoms with Crippen LogP contribution in [0.25, 0.3) is 0 Å². The lowest BCUT2D eigenvalue weighted by molar-refractivity contribution is 0.247. The molecule has 0 unspecified atom stereocenters. The Bertz CT molecular complexity index is 434. The maximum Gasteiger partial charge on any atom is 0.129 e. The predicted molar refractivity (Wildman–Crippen MR) is 78.2 cm³/mol. The summed E-state index contributed by atoms with van der Waals surface area (Å²) in [6, 6.07) is 4.22. The van der Waals surface area contributed by atoms with Gasteiger partial charge in [-0.15, -0.1) is 0 Å². The van der Waals surface area contributed by atoms with Gasteiger partial charge in [-0.1, -0.05) is 0 Å². The van der Waals surface area contributed by atoms with Crippen LogP contribution in [0.2, 0.25) is 0 Å². The lowest BCUT2D eigenvalue weighted by atomic mass is 10.2. The zero-order valence-electron chi connectivity index (χ0n) is 11.8. The zero-order chi connectivity index (χ0) is 13.2. The molecule has 1 saturated carbocycles. The van der Waals surface area contributed by atoms with Crippen molar-refractivity contribution in [1.82, 2.24) is 9.88 Å². The van der Waals surface area contributed by atoms with Gasteiger partial charge < -0.3 is 10.6 Å². The van der Waals surface area contributed by atoms with Crippen molar-refractivity contribution in [2.75, 3.05) is 37.6 Å². The van der Waals surface area contributed by atoms with Gasteiger partial charge in [0, 0.05) is 45.0 Å². The molecule has 0 atom stereocenters. The van der Waals surface area contributed by atoms with E-state index in [1.165, 1.54) is 38.0 Å². The number of anilines is 1. The highest BCUT2D eigenvalue weighted by Gasteiger charge is 2.26. The topological polar surface area (TPSA) is 45.4 Å². The number of aryl methyl sites for hydroxylation is 1. The molecule has 1 aliphatic carbocycles. The minimum absolute atomic E-state index is 0.595. The van der Waals surface area contributed by atoms with Crippen LogP contribution in [0.3, 0.4) is 0 Å². The van der Waals surface area contributed by atoms with Gasteiger partial charge in [0.1, 0.15) is 5.82 Å². The Kier molecular flexibility index (Phi) is 3.71. The second-order valence-corrected chi connectivity index (χ2v) is 5.91. The van der Waals surface area contributed by atoms with Crippen LogP contribution < -0.4 is 10.6 Å². The maximum absolute atomic E-state index is 5.75. The number of piperazine rings is 1. The lowest BCUT2D eigenvalue weighted by Crippen LogP contribution is -2.47. The van der Waals surface area contributed by atoms with Gasteiger partial charge in [-0.05, 0) is 43.4 Å². The summed E-state index contributed by atoms with van der Waals surface area (Å²) in [7, 11) is 0. The smallest absolute Gasteiger partial charge is 0.129 e. The number of pyridine rings is 1. The van der Waals surface area contributed by atoms with Gasteiger partial charge in [-0.3, -0.25) is 4.90 Å². The highest BCUT2D eigenvalue weighted by atomic mass is 15.3. The van der Waals surface area contributed by atoms with Crippen LogP contribution in [0.1, 0.15) is 24.1 Å². The van der Waals surface area contributed by atoms with Crippen molar-refractivity contribution < 1.29 is 0 Å². The van der Waals surface area contributed by atoms with Gasteiger partial charge in [0.25, 0.3) is 0 Å². The molecule has 104 valence electrons. The highest BCUT2D eigenvalue weighted by molar-refractivity contribution is 5.43. The average Bonchev–Trinajstić information content (AvgIpc) is 3.23. The third-order valence-electron chi connectivity index (χ3n) is 4.14. The van der Waals surface area contributed by atoms with Gasteiger partial charge in [-0.2, -0.15) is 0 Å². The molecule has 2 fully saturated rings. The Morgan fingerprint density at radius 1 is 1.21 bits per heavy atom. The summed E-state index contributed by atoms with van der Waals surface area (Å²) in [5.41, 5.74) is 8.00. The van der Waals surface area contributed by atoms with Gasteiger partial charge in [0.05, 0.1) is 0 Å². The summed E-state index contributed by atoms with van der Waals surface area (Å²) in [6.07, 6.45) is 2.89. The number of nitrogens with zero attached hydrogens (tertiary/aromatic N) is 3. The first kappa shape index (κ1) is 12.9. The Balaban J connectivity index is 1.62. The van der Waals surface area contributed by atoms with Gasteiger partial charge in [0.15, 0.2) is 0 Å². The van der Waals surface area contributed by atoms with Crippen LogP contribution in [0, 0.1) is 12.8 Å². The summed E-state index contributed by atoms with van der Waals surface area (Å²) in [4.78, 5) is 9.66. The molecule has 2 N–H and O–H groups in total. The van der Waals surface area contributed by atoms with Crippen molar-refractivity contribution in [3.05, 3.63) is 23.4 Å². The van der Waals surface area contributed by atoms with Crippen LogP contribution in [0.15, 0.2) is 12.1 Å². The minimum Gasteiger partial charge on any atom is -0.354 e. The van der Waals surface area contributed by atoms with E-state index in [0.29, 0.717) is 6.54 Å². The van der Waals surface area contributed by atoms with Crippen LogP contribution >= 0.6 is 0 Å². The van der Waals surface area contributed by atoms with E-state index in [2.05, 4.69) is 26.9 Å². The SMILES string of the molecule is Cc1cc(CN)cc(N2CCN(CC3CC3)CC2)n1. The molecule has 0 bridgehead atoms. The molecule has 1 aromatic rings. The van der Waals surface area contributed by atoms with Crippen molar-refractivity contribution >= 4 is 5.82 Å². The molecule has 0 aromatic carbocycles. The molecule has 3 rings (SSSR count). The predicted octanol–water partition coefficient (Wildman–Crippen LogP) is 1.38. The summed E-state index contributed by atoms with van der Waals surface area (Å²) in [5.74, 6) is 2.10. The van der Waals surface area contributed by atoms with E-state index in [1.807, 2.05) is 6.92 Å². The average molecular weight is 260 g/mol. The Morgan fingerprint density at radius 3 is 2.58 bits per heavy atom. The van der Waals surface area contributed by atoms with Gasteiger partial charge in [0.2, 0.25) is 0 Å². The molecular weight excluding hydrogens is 236 g/mol. The summed E-state index contributed by atoms with van der Waals surface area (Å²) in [5, 5.41) is 0. The van der Waals surface area contributed by atoms with Gasteiger partial charge in [-0.25, -0.2) is 4.98 Å². The number of nitrogens with two attached hydrogens (primary N) is 1. The number of hydrogen-bond donors (Lipinski definition) is 1. The standard InChI is InChI=1S/C15H24N4/c1-12-8-14(10-16)9-15(17-12)19-6-4-18(5-7-19)11-13-2-3-13/h8-9,13H,2-7,10-11,16H2,1H3. The fraction of sp³-hybridized carbons (Fsp3) is 0.667. The first-order chi connectivity index (χ1) is 9.24. The number of hydrogen-bond acceptors (Lipinski definition) is 4. The first-order valence-corrected chi connectivity index (χ1v) is 7.39. The summed E-state index contributed by atoms with van der Waals surface area (Å²) < 4.78 is 0. The van der Waals surface area contributed by atoms with Crippen LogP contribution in [0.5, 0.6) is 0 Å². The third-order valence-corrected chi connectivity index (χ3v) is 4.14. The second-order valence-electron chi connectivity index (χ2n) is 5.91. The molecule has 19 heavy (non-hydrogen) atoms. The molecule has 1 aromatic heterocycles. The lowest BCUT2D eigenvalue weighted by Gasteiger charge is -2.35. The molecule has 1 aliphatic heterocycles. The molecule has 0 spiro atoms. The molecule has 4 nitrogen and oxygen atoms in total. The normalized spacial score (nSPS) is 20.8. The molecule has 4 heteroatoms. The van der Waals surface area contributed by atoms with E-state index in [1.54, 1.807) is 0 Å². The molecular formula is C15H24N4. The van der Waals surface area contributed by atoms with Crippen LogP contribution in [-0.4, -0.2) is 42.6 Å². The van der Waals surface area contributed by atoms with E-state index in [0.717, 1.165) is 30.5 Å². The quantitative estimate of drug-likeness (QED) is 0.888. The van der Waals surface area contributed by atoms with Crippen LogP contribution in [-0.2, 0) is 6.54 Å². The first-order valence-electron chi connectivity index (χ1n) is 7.39.